The Morgan fingerprint density at radius 1 is 1.45 bits per heavy atom. The average Bonchev–Trinajstić information content (AvgIpc) is 2.44. The number of hydrogen-bond acceptors (Lipinski definition) is 3. The number of nitrogens with two attached hydrogens (primary N) is 1. The van der Waals surface area contributed by atoms with Crippen LogP contribution in [0.1, 0.15) is 17.9 Å². The van der Waals surface area contributed by atoms with Crippen molar-refractivity contribution in [3.8, 4) is 0 Å². The lowest BCUT2D eigenvalue weighted by Gasteiger charge is -2.25. The minimum Gasteiger partial charge on any atom is -0.349 e. The van der Waals surface area contributed by atoms with Gasteiger partial charge in [-0.3, -0.25) is 9.59 Å². The van der Waals surface area contributed by atoms with Crippen LogP contribution in [0.25, 0.3) is 0 Å². The van der Waals surface area contributed by atoms with Crippen molar-refractivity contribution in [2.24, 2.45) is 5.73 Å². The molecule has 0 fully saturated rings. The summed E-state index contributed by atoms with van der Waals surface area (Å²) in [4.78, 5) is 23.5. The largest absolute Gasteiger partial charge is 0.349 e. The summed E-state index contributed by atoms with van der Waals surface area (Å²) in [5.74, 6) is -4.81. The molecule has 1 aliphatic heterocycles. The van der Waals surface area contributed by atoms with Crippen LogP contribution in [0.3, 0.4) is 0 Å². The number of halogens is 2. The molecule has 5 nitrogen and oxygen atoms in total. The Morgan fingerprint density at radius 2 is 2.15 bits per heavy atom. The van der Waals surface area contributed by atoms with E-state index in [0.29, 0.717) is 11.3 Å². The van der Waals surface area contributed by atoms with Crippen molar-refractivity contribution in [3.63, 3.8) is 0 Å². The van der Waals surface area contributed by atoms with Crippen molar-refractivity contribution < 1.29 is 18.4 Å². The first-order valence-electron chi connectivity index (χ1n) is 6.17. The molecule has 0 aromatic heterocycles. The van der Waals surface area contributed by atoms with Crippen LogP contribution in [-0.2, 0) is 9.59 Å². The Bertz CT molecular complexity index is 534. The highest BCUT2D eigenvalue weighted by atomic mass is 19.3. The predicted molar refractivity (Wildman–Crippen MR) is 69.4 cm³/mol. The van der Waals surface area contributed by atoms with E-state index in [1.807, 2.05) is 0 Å². The van der Waals surface area contributed by atoms with E-state index in [1.165, 1.54) is 0 Å². The fourth-order valence-electron chi connectivity index (χ4n) is 2.06. The lowest BCUT2D eigenvalue weighted by Crippen LogP contribution is -2.44. The number of rotatable bonds is 4. The SMILES string of the molecule is NCC(F)(F)CNC(=O)C1CC(=O)Nc2ccccc21. The number of nitrogens with one attached hydrogen (secondary N) is 2. The molecule has 4 N–H and O–H groups in total. The van der Waals surface area contributed by atoms with Gasteiger partial charge in [0, 0.05) is 12.1 Å². The van der Waals surface area contributed by atoms with Gasteiger partial charge in [-0.15, -0.1) is 0 Å². The third kappa shape index (κ3) is 3.11. The van der Waals surface area contributed by atoms with E-state index in [4.69, 9.17) is 5.73 Å². The Kier molecular flexibility index (Phi) is 3.99. The molecule has 0 spiro atoms. The molecule has 20 heavy (non-hydrogen) atoms. The first kappa shape index (κ1) is 14.4. The summed E-state index contributed by atoms with van der Waals surface area (Å²) >= 11 is 0. The fourth-order valence-corrected chi connectivity index (χ4v) is 2.06. The summed E-state index contributed by atoms with van der Waals surface area (Å²) in [6, 6.07) is 6.81. The number of anilines is 1. The highest BCUT2D eigenvalue weighted by molar-refractivity contribution is 6.01. The number of para-hydroxylation sites is 1. The molecule has 1 unspecified atom stereocenters. The summed E-state index contributed by atoms with van der Waals surface area (Å²) < 4.78 is 26.1. The Labute approximate surface area is 114 Å². The van der Waals surface area contributed by atoms with Crippen molar-refractivity contribution in [1.82, 2.24) is 5.32 Å². The monoisotopic (exact) mass is 283 g/mol. The molecule has 2 amide bonds. The van der Waals surface area contributed by atoms with Gasteiger partial charge in [-0.25, -0.2) is 8.78 Å². The number of benzene rings is 1. The van der Waals surface area contributed by atoms with Crippen LogP contribution in [0.4, 0.5) is 14.5 Å². The van der Waals surface area contributed by atoms with Gasteiger partial charge in [0.25, 0.3) is 5.92 Å². The molecule has 2 rings (SSSR count). The van der Waals surface area contributed by atoms with Gasteiger partial charge < -0.3 is 16.4 Å². The second-order valence-corrected chi connectivity index (χ2v) is 4.67. The molecule has 0 saturated heterocycles. The van der Waals surface area contributed by atoms with Gasteiger partial charge in [-0.2, -0.15) is 0 Å². The summed E-state index contributed by atoms with van der Waals surface area (Å²) in [5.41, 5.74) is 6.07. The molecule has 7 heteroatoms. The Morgan fingerprint density at radius 3 is 2.85 bits per heavy atom. The molecule has 0 aliphatic carbocycles. The number of carbonyl (C=O) groups excluding carboxylic acids is 2. The zero-order chi connectivity index (χ0) is 14.8. The van der Waals surface area contributed by atoms with Gasteiger partial charge in [-0.05, 0) is 11.6 Å². The molecule has 1 aromatic carbocycles. The third-order valence-corrected chi connectivity index (χ3v) is 3.14. The summed E-state index contributed by atoms with van der Waals surface area (Å²) in [6.07, 6.45) is -0.0585. The molecule has 0 saturated carbocycles. The van der Waals surface area contributed by atoms with Crippen LogP contribution < -0.4 is 16.4 Å². The number of carbonyl (C=O) groups is 2. The summed E-state index contributed by atoms with van der Waals surface area (Å²) in [6.45, 7) is -1.67. The van der Waals surface area contributed by atoms with Gasteiger partial charge >= 0.3 is 0 Å². The molecular weight excluding hydrogens is 268 g/mol. The van der Waals surface area contributed by atoms with Gasteiger partial charge in [0.15, 0.2) is 0 Å². The molecule has 108 valence electrons. The average molecular weight is 283 g/mol. The molecule has 0 radical (unpaired) electrons. The smallest absolute Gasteiger partial charge is 0.277 e. The number of fused-ring (bicyclic) bond motifs is 1. The van der Waals surface area contributed by atoms with E-state index >= 15 is 0 Å². The second-order valence-electron chi connectivity index (χ2n) is 4.67. The van der Waals surface area contributed by atoms with Crippen LogP contribution >= 0.6 is 0 Å². The van der Waals surface area contributed by atoms with E-state index in [2.05, 4.69) is 10.6 Å². The number of hydrogen-bond donors (Lipinski definition) is 3. The number of alkyl halides is 2. The standard InChI is InChI=1S/C13H15F2N3O2/c14-13(15,6-16)7-17-12(20)9-5-11(19)18-10-4-2-1-3-8(9)10/h1-4,9H,5-7,16H2,(H,17,20)(H,18,19). The zero-order valence-corrected chi connectivity index (χ0v) is 10.7. The first-order chi connectivity index (χ1) is 9.43. The minimum atomic E-state index is -3.15. The van der Waals surface area contributed by atoms with E-state index in [9.17, 15) is 18.4 Å². The van der Waals surface area contributed by atoms with Crippen LogP contribution in [-0.4, -0.2) is 30.8 Å². The molecule has 0 bridgehead atoms. The summed E-state index contributed by atoms with van der Waals surface area (Å²) in [5, 5.41) is 4.80. The van der Waals surface area contributed by atoms with Gasteiger partial charge in [0.05, 0.1) is 19.0 Å². The van der Waals surface area contributed by atoms with E-state index in [-0.39, 0.29) is 12.3 Å². The molecule has 1 heterocycles. The van der Waals surface area contributed by atoms with E-state index < -0.39 is 30.8 Å². The molecule has 1 atom stereocenters. The van der Waals surface area contributed by atoms with Crippen molar-refractivity contribution in [2.75, 3.05) is 18.4 Å². The van der Waals surface area contributed by atoms with E-state index in [0.717, 1.165) is 0 Å². The highest BCUT2D eigenvalue weighted by Crippen LogP contribution is 2.32. The maximum Gasteiger partial charge on any atom is 0.277 e. The normalized spacial score (nSPS) is 18.1. The lowest BCUT2D eigenvalue weighted by atomic mass is 9.90. The number of amides is 2. The topological polar surface area (TPSA) is 84.2 Å². The lowest BCUT2D eigenvalue weighted by molar-refractivity contribution is -0.127. The first-order valence-corrected chi connectivity index (χ1v) is 6.17. The fraction of sp³-hybridized carbons (Fsp3) is 0.385. The molecular formula is C13H15F2N3O2. The van der Waals surface area contributed by atoms with Crippen LogP contribution in [0.15, 0.2) is 24.3 Å². The van der Waals surface area contributed by atoms with E-state index in [1.54, 1.807) is 24.3 Å². The Hall–Kier alpha value is -2.02. The van der Waals surface area contributed by atoms with Crippen LogP contribution in [0, 0.1) is 0 Å². The molecule has 1 aliphatic rings. The zero-order valence-electron chi connectivity index (χ0n) is 10.7. The van der Waals surface area contributed by atoms with Crippen molar-refractivity contribution in [3.05, 3.63) is 29.8 Å². The predicted octanol–water partition coefficient (Wildman–Crippen LogP) is 0.823. The van der Waals surface area contributed by atoms with Gasteiger partial charge in [0.2, 0.25) is 11.8 Å². The highest BCUT2D eigenvalue weighted by Gasteiger charge is 2.33. The Balaban J connectivity index is 2.12. The second kappa shape index (κ2) is 5.54. The van der Waals surface area contributed by atoms with Crippen LogP contribution in [0.2, 0.25) is 0 Å². The third-order valence-electron chi connectivity index (χ3n) is 3.14. The minimum absolute atomic E-state index is 0.0585. The van der Waals surface area contributed by atoms with Crippen molar-refractivity contribution >= 4 is 17.5 Å². The quantitative estimate of drug-likeness (QED) is 0.765. The van der Waals surface area contributed by atoms with Crippen molar-refractivity contribution in [1.29, 1.82) is 0 Å². The molecule has 1 aromatic rings. The maximum absolute atomic E-state index is 13.0. The van der Waals surface area contributed by atoms with Gasteiger partial charge in [0.1, 0.15) is 0 Å². The maximum atomic E-state index is 13.0. The summed E-state index contributed by atoms with van der Waals surface area (Å²) in [7, 11) is 0. The van der Waals surface area contributed by atoms with Gasteiger partial charge in [-0.1, -0.05) is 18.2 Å². The van der Waals surface area contributed by atoms with Crippen LogP contribution in [0.5, 0.6) is 0 Å². The van der Waals surface area contributed by atoms with Crippen molar-refractivity contribution in [2.45, 2.75) is 18.3 Å².